The molecule has 1 N–H and O–H groups in total. The maximum Gasteiger partial charge on any atom is 3.00 e. The molecule has 0 unspecified atom stereocenters. The van der Waals surface area contributed by atoms with E-state index in [-0.39, 0.29) is 8.41 Å². The minimum Gasteiger partial charge on any atom is -0.857 e. The molecule has 0 atom stereocenters. The number of rotatable bonds is 0. The van der Waals surface area contributed by atoms with Crippen LogP contribution in [0.2, 0.25) is 0 Å². The predicted octanol–water partition coefficient (Wildman–Crippen LogP) is -3.84. The summed E-state index contributed by atoms with van der Waals surface area (Å²) in [6, 6.07) is 0. The molecule has 0 amide bonds. The van der Waals surface area contributed by atoms with Crippen LogP contribution in [0.1, 0.15) is 0 Å². The third-order valence-electron chi connectivity index (χ3n) is 0. The van der Waals surface area contributed by atoms with Crippen molar-refractivity contribution in [1.82, 2.24) is 0 Å². The smallest absolute Gasteiger partial charge is 0.857 e. The van der Waals surface area contributed by atoms with Gasteiger partial charge in [-0.1, -0.05) is 0 Å². The molecule has 0 saturated carbocycles. The molecule has 0 aliphatic heterocycles. The normalized spacial score (nSPS) is 2.67. The van der Waals surface area contributed by atoms with Gasteiger partial charge in [-0.05, 0) is 0 Å². The molecule has 0 spiro atoms. The van der Waals surface area contributed by atoms with E-state index in [1.165, 1.54) is 0 Å². The summed E-state index contributed by atoms with van der Waals surface area (Å²) in [6.07, 6.45) is 0. The first kappa shape index (κ1) is 36.5. The molecule has 0 aromatic heterocycles. The molecular weight excluding hydrogens is 123 g/mol. The standard InChI is InChI=1S/CH4O.3CH3O.B/c4*1-2;/h2H,1H3;3*1H3;/q;3*-1;+3. The summed E-state index contributed by atoms with van der Waals surface area (Å²) in [5.41, 5.74) is 0. The Balaban J connectivity index is -0.00000000762. The van der Waals surface area contributed by atoms with Crippen LogP contribution in [0.5, 0.6) is 0 Å². The van der Waals surface area contributed by atoms with Crippen molar-refractivity contribution >= 4 is 8.41 Å². The average molecular weight is 136 g/mol. The molecular formula is C4H13BO4. The zero-order chi connectivity index (χ0) is 8.00. The first-order chi connectivity index (χ1) is 4.00. The van der Waals surface area contributed by atoms with Crippen molar-refractivity contribution in [2.75, 3.05) is 28.4 Å². The molecule has 0 radical (unpaired) electrons. The van der Waals surface area contributed by atoms with Crippen LogP contribution in [0.15, 0.2) is 0 Å². The van der Waals surface area contributed by atoms with Gasteiger partial charge in [0.2, 0.25) is 0 Å². The predicted molar refractivity (Wildman–Crippen MR) is 31.7 cm³/mol. The Labute approximate surface area is 58.4 Å². The van der Waals surface area contributed by atoms with Crippen LogP contribution in [0, 0.1) is 0 Å². The van der Waals surface area contributed by atoms with Gasteiger partial charge in [0, 0.05) is 7.11 Å². The minimum absolute atomic E-state index is 0. The fourth-order valence-electron chi connectivity index (χ4n) is 0. The minimum atomic E-state index is 0. The largest absolute Gasteiger partial charge is 3.00 e. The number of aliphatic hydroxyl groups excluding tert-OH is 1. The van der Waals surface area contributed by atoms with Crippen molar-refractivity contribution in [1.29, 1.82) is 0 Å². The number of hydrogen-bond donors (Lipinski definition) is 1. The summed E-state index contributed by atoms with van der Waals surface area (Å²) in [4.78, 5) is 0. The molecule has 4 nitrogen and oxygen atoms in total. The molecule has 0 rings (SSSR count). The third-order valence-corrected chi connectivity index (χ3v) is 0. The van der Waals surface area contributed by atoms with E-state index < -0.39 is 0 Å². The fraction of sp³-hybridized carbons (Fsp3) is 1.00. The van der Waals surface area contributed by atoms with E-state index in [4.69, 9.17) is 20.4 Å². The van der Waals surface area contributed by atoms with Crippen molar-refractivity contribution in [3.63, 3.8) is 0 Å². The molecule has 9 heavy (non-hydrogen) atoms. The van der Waals surface area contributed by atoms with Crippen molar-refractivity contribution < 1.29 is 20.4 Å². The molecule has 56 valence electrons. The van der Waals surface area contributed by atoms with Crippen LogP contribution in [0.3, 0.4) is 0 Å². The second kappa shape index (κ2) is 41700. The average Bonchev–Trinajstić information content (AvgIpc) is 2.03. The third kappa shape index (κ3) is 30500. The maximum absolute atomic E-state index is 8.25. The van der Waals surface area contributed by atoms with E-state index in [0.29, 0.717) is 0 Å². The van der Waals surface area contributed by atoms with E-state index in [2.05, 4.69) is 0 Å². The van der Waals surface area contributed by atoms with Crippen molar-refractivity contribution in [3.8, 4) is 0 Å². The molecule has 0 aromatic carbocycles. The molecule has 0 heterocycles. The molecule has 0 aliphatic carbocycles. The van der Waals surface area contributed by atoms with E-state index in [1.807, 2.05) is 0 Å². The van der Waals surface area contributed by atoms with Gasteiger partial charge in [-0.2, -0.15) is 21.3 Å². The van der Waals surface area contributed by atoms with E-state index >= 15 is 0 Å². The first-order valence-electron chi connectivity index (χ1n) is 1.67. The van der Waals surface area contributed by atoms with Crippen molar-refractivity contribution in [2.45, 2.75) is 0 Å². The van der Waals surface area contributed by atoms with Gasteiger partial charge < -0.3 is 20.4 Å². The van der Waals surface area contributed by atoms with Crippen molar-refractivity contribution in [3.05, 3.63) is 0 Å². The van der Waals surface area contributed by atoms with Gasteiger partial charge in [-0.25, -0.2) is 0 Å². The molecule has 0 bridgehead atoms. The monoisotopic (exact) mass is 136 g/mol. The van der Waals surface area contributed by atoms with Crippen LogP contribution in [0.4, 0.5) is 0 Å². The second-order valence-corrected chi connectivity index (χ2v) is 0. The van der Waals surface area contributed by atoms with Gasteiger partial charge in [0.15, 0.2) is 0 Å². The summed E-state index contributed by atoms with van der Waals surface area (Å²) in [5, 5.41) is 31.8. The van der Waals surface area contributed by atoms with Crippen LogP contribution < -0.4 is 15.3 Å². The Hall–Kier alpha value is -0.0951. The van der Waals surface area contributed by atoms with Crippen LogP contribution >= 0.6 is 0 Å². The summed E-state index contributed by atoms with van der Waals surface area (Å²) < 4.78 is 0. The van der Waals surface area contributed by atoms with E-state index in [0.717, 1.165) is 28.4 Å². The second-order valence-electron chi connectivity index (χ2n) is 0. The maximum atomic E-state index is 8.25. The number of hydrogen-bond acceptors (Lipinski definition) is 4. The van der Waals surface area contributed by atoms with Crippen LogP contribution in [-0.2, 0) is 0 Å². The SMILES string of the molecule is CO.C[O-].C[O-].C[O-].[B+3]. The summed E-state index contributed by atoms with van der Waals surface area (Å²) >= 11 is 0. The molecule has 0 fully saturated rings. The quantitative estimate of drug-likeness (QED) is 0.345. The topological polar surface area (TPSA) is 89.4 Å². The van der Waals surface area contributed by atoms with Gasteiger partial charge in [-0.3, -0.25) is 0 Å². The number of aliphatic hydroxyl groups is 1. The Bertz CT molecular complexity index is 12.5. The van der Waals surface area contributed by atoms with Gasteiger partial charge in [0.1, 0.15) is 0 Å². The van der Waals surface area contributed by atoms with Crippen molar-refractivity contribution in [2.24, 2.45) is 0 Å². The van der Waals surface area contributed by atoms with Gasteiger partial charge in [-0.15, -0.1) is 0 Å². The van der Waals surface area contributed by atoms with E-state index in [1.54, 1.807) is 0 Å². The van der Waals surface area contributed by atoms with Gasteiger partial charge in [0.25, 0.3) is 0 Å². The van der Waals surface area contributed by atoms with Gasteiger partial charge >= 0.3 is 8.41 Å². The summed E-state index contributed by atoms with van der Waals surface area (Å²) in [6.45, 7) is 0. The molecule has 0 aromatic rings. The zero-order valence-corrected chi connectivity index (χ0v) is 6.25. The Morgan fingerprint density at radius 2 is 0.667 bits per heavy atom. The summed E-state index contributed by atoms with van der Waals surface area (Å²) in [7, 11) is 3.25. The Kier molecular flexibility index (Phi) is 169000. The Morgan fingerprint density at radius 1 is 0.667 bits per heavy atom. The van der Waals surface area contributed by atoms with Gasteiger partial charge in [0.05, 0.1) is 0 Å². The summed E-state index contributed by atoms with van der Waals surface area (Å²) in [5.74, 6) is 0. The first-order valence-corrected chi connectivity index (χ1v) is 1.67. The molecule has 0 aliphatic rings. The molecule has 0 saturated heterocycles. The van der Waals surface area contributed by atoms with Crippen LogP contribution in [0.25, 0.3) is 0 Å². The molecule has 5 heteroatoms. The van der Waals surface area contributed by atoms with E-state index in [9.17, 15) is 0 Å². The van der Waals surface area contributed by atoms with Crippen LogP contribution in [-0.4, -0.2) is 42.0 Å². The zero-order valence-electron chi connectivity index (χ0n) is 6.25. The Morgan fingerprint density at radius 3 is 0.667 bits per heavy atom. The fourth-order valence-corrected chi connectivity index (χ4v) is 0.